The molecule has 1 N–H and O–H groups in total. The number of carbonyl (C=O) groups is 3. The fraction of sp³-hybridized carbons (Fsp3) is 0.519. The number of hydrogen-bond donors (Lipinski definition) is 1. The van der Waals surface area contributed by atoms with E-state index in [2.05, 4.69) is 9.94 Å². The fourth-order valence-electron chi connectivity index (χ4n) is 6.21. The number of aromatic amines is 1. The van der Waals surface area contributed by atoms with Crippen LogP contribution in [0.5, 0.6) is 0 Å². The average Bonchev–Trinajstić information content (AvgIpc) is 3.53. The second-order valence-corrected chi connectivity index (χ2v) is 10.9. The van der Waals surface area contributed by atoms with Crippen LogP contribution in [0.15, 0.2) is 23.0 Å². The molecule has 2 aliphatic carbocycles. The van der Waals surface area contributed by atoms with Gasteiger partial charge in [-0.25, -0.2) is 9.18 Å². The fourth-order valence-corrected chi connectivity index (χ4v) is 6.21. The standard InChI is InChI=1S/C27H28F4N4O5/c1-14-15(2)24(37)32-35(40-26(39)27(29,30)31)21(14)11-17-4-6-20(28)19(10-17)25(38)33-7-8-34(23(36)13-33)22-12-16-3-5-18(22)9-16/h4,6,10,16,18,22H,3,5,7-9,11-13H2,1-2H3/p+1/t16-,18-,22-/m1/s1. The third kappa shape index (κ3) is 5.20. The molecule has 1 aliphatic heterocycles. The molecule has 3 fully saturated rings. The maximum Gasteiger partial charge on any atom is 0.498 e. The SMILES string of the molecule is Cc1c(C)c(=O)[nH][n+](OC(=O)C(F)(F)F)c1Cc1ccc(F)c(C(=O)N2CCN([C@@H]3C[C@@H]4CC[C@@H]3C4)C(=O)C2)c1. The number of piperazine rings is 1. The summed E-state index contributed by atoms with van der Waals surface area (Å²) in [6, 6.07) is 3.83. The summed E-state index contributed by atoms with van der Waals surface area (Å²) in [4.78, 5) is 57.8. The minimum absolute atomic E-state index is 0.00522. The van der Waals surface area contributed by atoms with E-state index in [1.807, 2.05) is 4.90 Å². The van der Waals surface area contributed by atoms with Gasteiger partial charge in [0.05, 0.1) is 12.0 Å². The summed E-state index contributed by atoms with van der Waals surface area (Å²) < 4.78 is 53.3. The van der Waals surface area contributed by atoms with Gasteiger partial charge in [-0.05, 0) is 62.6 Å². The average molecular weight is 566 g/mol. The molecular formula is C27H29F4N4O5+. The number of nitrogens with one attached hydrogen (secondary N) is 1. The lowest BCUT2D eigenvalue weighted by molar-refractivity contribution is -0.921. The number of amides is 2. The van der Waals surface area contributed by atoms with Crippen LogP contribution >= 0.6 is 0 Å². The normalized spacial score (nSPS) is 22.6. The Hall–Kier alpha value is -3.77. The molecule has 2 heterocycles. The summed E-state index contributed by atoms with van der Waals surface area (Å²) in [5.74, 6) is -3.04. The predicted octanol–water partition coefficient (Wildman–Crippen LogP) is 2.00. The van der Waals surface area contributed by atoms with E-state index in [0.29, 0.717) is 28.8 Å². The Morgan fingerprint density at radius 1 is 1.10 bits per heavy atom. The molecule has 0 radical (unpaired) electrons. The van der Waals surface area contributed by atoms with Crippen molar-refractivity contribution in [3.8, 4) is 0 Å². The molecule has 5 rings (SSSR count). The lowest BCUT2D eigenvalue weighted by Crippen LogP contribution is -2.58. The number of fused-ring (bicyclic) bond motifs is 2. The molecule has 3 aliphatic rings. The van der Waals surface area contributed by atoms with E-state index in [-0.39, 0.29) is 53.8 Å². The number of hydrogen-bond acceptors (Lipinski definition) is 5. The van der Waals surface area contributed by atoms with E-state index >= 15 is 0 Å². The minimum Gasteiger partial charge on any atom is -0.336 e. The maximum atomic E-state index is 14.8. The number of rotatable bonds is 5. The van der Waals surface area contributed by atoms with Crippen molar-refractivity contribution in [1.82, 2.24) is 14.9 Å². The zero-order valence-corrected chi connectivity index (χ0v) is 22.0. The van der Waals surface area contributed by atoms with Crippen molar-refractivity contribution >= 4 is 17.8 Å². The van der Waals surface area contributed by atoms with Gasteiger partial charge in [-0.2, -0.15) is 18.0 Å². The van der Waals surface area contributed by atoms with Crippen molar-refractivity contribution < 1.29 is 41.6 Å². The van der Waals surface area contributed by atoms with Crippen molar-refractivity contribution in [2.75, 3.05) is 19.6 Å². The predicted molar refractivity (Wildman–Crippen MR) is 130 cm³/mol. The quantitative estimate of drug-likeness (QED) is 0.442. The molecule has 1 aromatic carbocycles. The van der Waals surface area contributed by atoms with Crippen molar-refractivity contribution in [2.45, 2.75) is 58.2 Å². The van der Waals surface area contributed by atoms with Crippen LogP contribution < -0.4 is 15.2 Å². The first-order valence-electron chi connectivity index (χ1n) is 13.1. The minimum atomic E-state index is -5.31. The Bertz CT molecular complexity index is 1440. The van der Waals surface area contributed by atoms with E-state index in [0.717, 1.165) is 25.3 Å². The highest BCUT2D eigenvalue weighted by atomic mass is 19.4. The largest absolute Gasteiger partial charge is 0.498 e. The Labute approximate surface area is 226 Å². The van der Waals surface area contributed by atoms with Gasteiger partial charge in [-0.3, -0.25) is 14.4 Å². The topological polar surface area (TPSA) is 104 Å². The van der Waals surface area contributed by atoms with Crippen LogP contribution in [0.1, 0.15) is 58.4 Å². The molecule has 3 atom stereocenters. The molecule has 2 bridgehead atoms. The molecule has 1 saturated heterocycles. The van der Waals surface area contributed by atoms with Crippen LogP contribution in [0.3, 0.4) is 0 Å². The van der Waals surface area contributed by atoms with Crippen LogP contribution in [0, 0.1) is 31.5 Å². The van der Waals surface area contributed by atoms with Gasteiger partial charge in [0.2, 0.25) is 5.91 Å². The summed E-state index contributed by atoms with van der Waals surface area (Å²) in [6.07, 6.45) is -1.07. The van der Waals surface area contributed by atoms with Crippen molar-refractivity contribution in [1.29, 1.82) is 0 Å². The van der Waals surface area contributed by atoms with Gasteiger partial charge in [0.1, 0.15) is 17.2 Å². The second kappa shape index (κ2) is 10.3. The van der Waals surface area contributed by atoms with Crippen molar-refractivity contribution in [3.63, 3.8) is 0 Å². The molecular weight excluding hydrogens is 536 g/mol. The van der Waals surface area contributed by atoms with Crippen molar-refractivity contribution in [3.05, 3.63) is 62.3 Å². The molecule has 214 valence electrons. The van der Waals surface area contributed by atoms with Gasteiger partial charge in [-0.1, -0.05) is 17.6 Å². The zero-order chi connectivity index (χ0) is 28.9. The smallest absolute Gasteiger partial charge is 0.336 e. The molecule has 2 aromatic rings. The second-order valence-electron chi connectivity index (χ2n) is 10.9. The molecule has 13 heteroatoms. The molecule has 40 heavy (non-hydrogen) atoms. The third-order valence-electron chi connectivity index (χ3n) is 8.47. The molecule has 2 saturated carbocycles. The summed E-state index contributed by atoms with van der Waals surface area (Å²) in [5, 5.41) is 2.08. The lowest BCUT2D eigenvalue weighted by atomic mass is 9.93. The van der Waals surface area contributed by atoms with Crippen LogP contribution in [-0.2, 0) is 16.0 Å². The number of carbonyl (C=O) groups excluding carboxylic acids is 3. The van der Waals surface area contributed by atoms with Gasteiger partial charge in [0.25, 0.3) is 11.6 Å². The number of halogens is 4. The third-order valence-corrected chi connectivity index (χ3v) is 8.47. The van der Waals surface area contributed by atoms with E-state index in [1.165, 1.54) is 37.3 Å². The van der Waals surface area contributed by atoms with Crippen LogP contribution in [0.25, 0.3) is 0 Å². The van der Waals surface area contributed by atoms with Crippen molar-refractivity contribution in [2.24, 2.45) is 11.8 Å². The molecule has 0 unspecified atom stereocenters. The Morgan fingerprint density at radius 2 is 1.85 bits per heavy atom. The summed E-state index contributed by atoms with van der Waals surface area (Å²) >= 11 is 0. The van der Waals surface area contributed by atoms with E-state index < -0.39 is 29.4 Å². The lowest BCUT2D eigenvalue weighted by Gasteiger charge is -2.40. The van der Waals surface area contributed by atoms with E-state index in [1.54, 1.807) is 0 Å². The first-order valence-corrected chi connectivity index (χ1v) is 13.1. The first-order chi connectivity index (χ1) is 18.8. The van der Waals surface area contributed by atoms with Crippen LogP contribution in [0.4, 0.5) is 17.6 Å². The highest BCUT2D eigenvalue weighted by molar-refractivity contribution is 5.97. The summed E-state index contributed by atoms with van der Waals surface area (Å²) in [7, 11) is 0. The summed E-state index contributed by atoms with van der Waals surface area (Å²) in [6.45, 7) is 3.38. The number of H-pyrrole nitrogens is 1. The number of aromatic nitrogens is 2. The summed E-state index contributed by atoms with van der Waals surface area (Å²) in [5.41, 5.74) is -0.327. The molecule has 9 nitrogen and oxygen atoms in total. The van der Waals surface area contributed by atoms with Gasteiger partial charge in [0, 0.05) is 30.3 Å². The Morgan fingerprint density at radius 3 is 2.48 bits per heavy atom. The van der Waals surface area contributed by atoms with Crippen LogP contribution in [-0.4, -0.2) is 64.5 Å². The molecule has 2 amide bonds. The van der Waals surface area contributed by atoms with Gasteiger partial charge >= 0.3 is 17.7 Å². The monoisotopic (exact) mass is 565 g/mol. The van der Waals surface area contributed by atoms with Gasteiger partial charge in [0.15, 0.2) is 0 Å². The van der Waals surface area contributed by atoms with Gasteiger partial charge < -0.3 is 9.80 Å². The van der Waals surface area contributed by atoms with Crippen LogP contribution in [0.2, 0.25) is 0 Å². The number of nitrogens with zero attached hydrogens (tertiary/aromatic N) is 3. The highest BCUT2D eigenvalue weighted by Gasteiger charge is 2.46. The Kier molecular flexibility index (Phi) is 7.17. The highest BCUT2D eigenvalue weighted by Crippen LogP contribution is 2.46. The van der Waals surface area contributed by atoms with E-state index in [4.69, 9.17) is 0 Å². The van der Waals surface area contributed by atoms with E-state index in [9.17, 15) is 36.7 Å². The molecule has 1 aromatic heterocycles. The Balaban J connectivity index is 1.35. The first kappa shape index (κ1) is 27.8. The maximum absolute atomic E-state index is 14.8. The number of benzene rings is 1. The number of alkyl halides is 3. The molecule has 0 spiro atoms. The zero-order valence-electron chi connectivity index (χ0n) is 22.0. The van der Waals surface area contributed by atoms with Gasteiger partial charge in [-0.15, -0.1) is 0 Å².